The van der Waals surface area contributed by atoms with Crippen LogP contribution in [0.5, 0.6) is 5.75 Å². The van der Waals surface area contributed by atoms with E-state index in [1.54, 1.807) is 24.3 Å². The molecule has 0 aliphatic carbocycles. The molecule has 0 spiro atoms. The summed E-state index contributed by atoms with van der Waals surface area (Å²) in [5.41, 5.74) is 1.62. The Hall–Kier alpha value is -2.34. The predicted octanol–water partition coefficient (Wildman–Crippen LogP) is 2.68. The zero-order valence-electron chi connectivity index (χ0n) is 13.7. The van der Waals surface area contributed by atoms with Gasteiger partial charge < -0.3 is 10.1 Å². The molecule has 0 saturated carbocycles. The van der Waals surface area contributed by atoms with Gasteiger partial charge in [0.05, 0.1) is 12.3 Å². The van der Waals surface area contributed by atoms with E-state index in [4.69, 9.17) is 4.74 Å². The van der Waals surface area contributed by atoms with E-state index in [2.05, 4.69) is 5.32 Å². The van der Waals surface area contributed by atoms with E-state index >= 15 is 0 Å². The normalized spacial score (nSPS) is 12.4. The zero-order chi connectivity index (χ0) is 17.6. The number of para-hydroxylation sites is 2. The van der Waals surface area contributed by atoms with Crippen LogP contribution in [0.15, 0.2) is 54.6 Å². The molecule has 128 valence electrons. The van der Waals surface area contributed by atoms with Gasteiger partial charge in [-0.15, -0.1) is 0 Å². The van der Waals surface area contributed by atoms with Crippen molar-refractivity contribution in [2.75, 3.05) is 18.2 Å². The zero-order valence-corrected chi connectivity index (χ0v) is 14.5. The minimum absolute atomic E-state index is 0.457. The highest BCUT2D eigenvalue weighted by molar-refractivity contribution is 7.92. The van der Waals surface area contributed by atoms with Crippen LogP contribution in [-0.4, -0.2) is 32.4 Å². The van der Waals surface area contributed by atoms with Crippen molar-refractivity contribution in [3.8, 4) is 5.75 Å². The highest BCUT2D eigenvalue weighted by Gasteiger charge is 2.24. The fourth-order valence-corrected chi connectivity index (χ4v) is 2.50. The fourth-order valence-electron chi connectivity index (χ4n) is 2.05. The monoisotopic (exact) mass is 347 g/mol. The van der Waals surface area contributed by atoms with Gasteiger partial charge in [0.15, 0.2) is 9.84 Å². The highest BCUT2D eigenvalue weighted by Crippen LogP contribution is 2.24. The second-order valence-corrected chi connectivity index (χ2v) is 7.91. The molecule has 5 nitrogen and oxygen atoms in total. The predicted molar refractivity (Wildman–Crippen MR) is 95.0 cm³/mol. The lowest BCUT2D eigenvalue weighted by atomic mass is 10.2. The number of sulfone groups is 1. The van der Waals surface area contributed by atoms with Crippen LogP contribution in [0.4, 0.5) is 5.69 Å². The summed E-state index contributed by atoms with van der Waals surface area (Å²) in [4.78, 5) is 12.1. The number of nitrogens with one attached hydrogen (secondary N) is 1. The molecule has 2 aromatic carbocycles. The summed E-state index contributed by atoms with van der Waals surface area (Å²) in [7, 11) is -3.44. The summed E-state index contributed by atoms with van der Waals surface area (Å²) >= 11 is 0. The van der Waals surface area contributed by atoms with Crippen LogP contribution in [0.25, 0.3) is 0 Å². The Kier molecular flexibility index (Phi) is 5.98. The number of hydrogen-bond donors (Lipinski definition) is 1. The van der Waals surface area contributed by atoms with Gasteiger partial charge in [-0.05, 0) is 24.6 Å². The van der Waals surface area contributed by atoms with Gasteiger partial charge in [0, 0.05) is 12.7 Å². The minimum atomic E-state index is -3.44. The molecule has 2 aromatic rings. The molecule has 0 saturated heterocycles. The molecule has 2 rings (SSSR count). The summed E-state index contributed by atoms with van der Waals surface area (Å²) in [6.45, 7) is 1.82. The summed E-state index contributed by atoms with van der Waals surface area (Å²) < 4.78 is 28.7. The van der Waals surface area contributed by atoms with Crippen molar-refractivity contribution in [1.29, 1.82) is 0 Å². The van der Waals surface area contributed by atoms with Crippen LogP contribution in [0.1, 0.15) is 12.5 Å². The SMILES string of the molecule is C[C@H](C(=O)Nc1ccccc1OCCc1ccccc1)S(C)(=O)=O. The Bertz CT molecular complexity index is 788. The molecule has 0 heterocycles. The summed E-state index contributed by atoms with van der Waals surface area (Å²) in [5.74, 6) is -0.0564. The van der Waals surface area contributed by atoms with Gasteiger partial charge in [-0.2, -0.15) is 0 Å². The lowest BCUT2D eigenvalue weighted by Crippen LogP contribution is -2.31. The van der Waals surface area contributed by atoms with Crippen molar-refractivity contribution < 1.29 is 17.9 Å². The van der Waals surface area contributed by atoms with Crippen molar-refractivity contribution in [2.24, 2.45) is 0 Å². The molecule has 0 aromatic heterocycles. The third kappa shape index (κ3) is 5.09. The quantitative estimate of drug-likeness (QED) is 0.836. The van der Waals surface area contributed by atoms with E-state index in [-0.39, 0.29) is 0 Å². The summed E-state index contributed by atoms with van der Waals surface area (Å²) in [6, 6.07) is 16.9. The van der Waals surface area contributed by atoms with Gasteiger partial charge in [0.2, 0.25) is 5.91 Å². The Morgan fingerprint density at radius 3 is 2.38 bits per heavy atom. The van der Waals surface area contributed by atoms with Gasteiger partial charge in [-0.1, -0.05) is 42.5 Å². The number of carbonyl (C=O) groups is 1. The van der Waals surface area contributed by atoms with Crippen molar-refractivity contribution in [2.45, 2.75) is 18.6 Å². The Balaban J connectivity index is 2.01. The van der Waals surface area contributed by atoms with E-state index in [0.717, 1.165) is 18.2 Å². The molecule has 24 heavy (non-hydrogen) atoms. The van der Waals surface area contributed by atoms with Crippen molar-refractivity contribution in [3.63, 3.8) is 0 Å². The number of rotatable bonds is 7. The lowest BCUT2D eigenvalue weighted by molar-refractivity contribution is -0.115. The average Bonchev–Trinajstić information content (AvgIpc) is 2.56. The highest BCUT2D eigenvalue weighted by atomic mass is 32.2. The molecule has 1 amide bonds. The molecule has 0 fully saturated rings. The van der Waals surface area contributed by atoms with Crippen LogP contribution in [0, 0.1) is 0 Å². The third-order valence-corrected chi connectivity index (χ3v) is 5.15. The van der Waals surface area contributed by atoms with Crippen LogP contribution in [0.3, 0.4) is 0 Å². The fraction of sp³-hybridized carbons (Fsp3) is 0.278. The second kappa shape index (κ2) is 7.97. The van der Waals surface area contributed by atoms with Gasteiger partial charge in [-0.3, -0.25) is 4.79 Å². The van der Waals surface area contributed by atoms with Crippen molar-refractivity contribution in [3.05, 3.63) is 60.2 Å². The smallest absolute Gasteiger partial charge is 0.242 e. The summed E-state index contributed by atoms with van der Waals surface area (Å²) in [6.07, 6.45) is 1.78. The number of ether oxygens (including phenoxy) is 1. The molecule has 0 unspecified atom stereocenters. The Labute approximate surface area is 142 Å². The van der Waals surface area contributed by atoms with Gasteiger partial charge in [0.25, 0.3) is 0 Å². The molecule has 0 aliphatic heterocycles. The first-order valence-electron chi connectivity index (χ1n) is 7.63. The number of carbonyl (C=O) groups excluding carboxylic acids is 1. The first-order chi connectivity index (χ1) is 11.4. The van der Waals surface area contributed by atoms with Gasteiger partial charge in [-0.25, -0.2) is 8.42 Å². The number of anilines is 1. The molecular formula is C18H21NO4S. The number of hydrogen-bond acceptors (Lipinski definition) is 4. The third-order valence-electron chi connectivity index (χ3n) is 3.65. The number of amides is 1. The Morgan fingerprint density at radius 2 is 1.71 bits per heavy atom. The van der Waals surface area contributed by atoms with Crippen molar-refractivity contribution in [1.82, 2.24) is 0 Å². The van der Waals surface area contributed by atoms with Crippen LogP contribution < -0.4 is 10.1 Å². The molecule has 1 N–H and O–H groups in total. The van der Waals surface area contributed by atoms with Crippen LogP contribution >= 0.6 is 0 Å². The van der Waals surface area contributed by atoms with E-state index in [1.165, 1.54) is 6.92 Å². The van der Waals surface area contributed by atoms with Crippen LogP contribution in [0.2, 0.25) is 0 Å². The first kappa shape index (κ1) is 18.0. The van der Waals surface area contributed by atoms with Crippen LogP contribution in [-0.2, 0) is 21.1 Å². The van der Waals surface area contributed by atoms with E-state index < -0.39 is 21.0 Å². The van der Waals surface area contributed by atoms with Crippen molar-refractivity contribution >= 4 is 21.4 Å². The lowest BCUT2D eigenvalue weighted by Gasteiger charge is -2.14. The maximum Gasteiger partial charge on any atom is 0.242 e. The average molecular weight is 347 g/mol. The molecule has 0 aliphatic rings. The standard InChI is InChI=1S/C18H21NO4S/c1-14(24(2,21)22)18(20)19-16-10-6-7-11-17(16)23-13-12-15-8-4-3-5-9-15/h3-11,14H,12-13H2,1-2H3,(H,19,20)/t14-/m1/s1. The van der Waals surface area contributed by atoms with Gasteiger partial charge >= 0.3 is 0 Å². The Morgan fingerprint density at radius 1 is 1.08 bits per heavy atom. The minimum Gasteiger partial charge on any atom is -0.491 e. The molecular weight excluding hydrogens is 326 g/mol. The molecule has 6 heteroatoms. The topological polar surface area (TPSA) is 72.5 Å². The van der Waals surface area contributed by atoms with E-state index in [9.17, 15) is 13.2 Å². The molecule has 1 atom stereocenters. The maximum absolute atomic E-state index is 12.1. The second-order valence-electron chi connectivity index (χ2n) is 5.54. The summed E-state index contributed by atoms with van der Waals surface area (Å²) in [5, 5.41) is 1.51. The largest absolute Gasteiger partial charge is 0.491 e. The number of benzene rings is 2. The molecule has 0 bridgehead atoms. The van der Waals surface area contributed by atoms with E-state index in [1.807, 2.05) is 30.3 Å². The van der Waals surface area contributed by atoms with Gasteiger partial charge in [0.1, 0.15) is 11.0 Å². The maximum atomic E-state index is 12.1. The first-order valence-corrected chi connectivity index (χ1v) is 9.59. The van der Waals surface area contributed by atoms with E-state index in [0.29, 0.717) is 18.0 Å². The molecule has 0 radical (unpaired) electrons.